The van der Waals surface area contributed by atoms with Crippen molar-refractivity contribution in [1.29, 1.82) is 0 Å². The van der Waals surface area contributed by atoms with Crippen molar-refractivity contribution in [2.24, 2.45) is 5.92 Å². The zero-order valence-corrected chi connectivity index (χ0v) is 17.4. The van der Waals surface area contributed by atoms with Crippen LogP contribution in [-0.4, -0.2) is 45.4 Å². The summed E-state index contributed by atoms with van der Waals surface area (Å²) in [5.74, 6) is -0.0294. The van der Waals surface area contributed by atoms with Crippen molar-refractivity contribution < 1.29 is 18.0 Å². The van der Waals surface area contributed by atoms with Gasteiger partial charge in [0, 0.05) is 19.6 Å². The molecule has 9 heteroatoms. The highest BCUT2D eigenvalue weighted by Gasteiger charge is 2.33. The van der Waals surface area contributed by atoms with Crippen molar-refractivity contribution in [3.05, 3.63) is 83.2 Å². The molecule has 1 atom stereocenters. The molecule has 1 amide bonds. The smallest absolute Gasteiger partial charge is 0.350 e. The van der Waals surface area contributed by atoms with Gasteiger partial charge >= 0.3 is 6.18 Å². The Kier molecular flexibility index (Phi) is 6.55. The van der Waals surface area contributed by atoms with Crippen LogP contribution in [-0.2, 0) is 19.3 Å². The molecule has 1 aliphatic heterocycles. The summed E-state index contributed by atoms with van der Waals surface area (Å²) in [5, 5.41) is 10.5. The molecule has 3 aromatic rings. The van der Waals surface area contributed by atoms with Crippen molar-refractivity contribution >= 4 is 5.91 Å². The Hall–Kier alpha value is -3.20. The molecule has 1 unspecified atom stereocenters. The minimum Gasteiger partial charge on any atom is -0.350 e. The average Bonchev–Trinajstić information content (AvgIpc) is 3.42. The van der Waals surface area contributed by atoms with Crippen LogP contribution in [0.1, 0.15) is 33.6 Å². The maximum atomic E-state index is 13.2. The Morgan fingerprint density at radius 3 is 2.59 bits per heavy atom. The van der Waals surface area contributed by atoms with E-state index < -0.39 is 11.7 Å². The van der Waals surface area contributed by atoms with Gasteiger partial charge in [0.05, 0.1) is 18.3 Å². The third-order valence-electron chi connectivity index (χ3n) is 5.60. The standard InChI is InChI=1S/C23H24F3N5O/c24-23(25,26)20-9-5-4-8-19(20)15-31-16-21(28-29-31)22(32)27-12-18-10-11-30(14-18)13-17-6-2-1-3-7-17/h1-9,16,18H,10-15H2,(H,27,32). The van der Waals surface area contributed by atoms with Crippen molar-refractivity contribution in [3.63, 3.8) is 0 Å². The van der Waals surface area contributed by atoms with Crippen LogP contribution >= 0.6 is 0 Å². The van der Waals surface area contributed by atoms with Gasteiger partial charge in [0.1, 0.15) is 0 Å². The summed E-state index contributed by atoms with van der Waals surface area (Å²) in [5.41, 5.74) is 0.707. The number of nitrogens with zero attached hydrogens (tertiary/aromatic N) is 4. The molecule has 0 spiro atoms. The number of likely N-dealkylation sites (tertiary alicyclic amines) is 1. The quantitative estimate of drug-likeness (QED) is 0.606. The number of carbonyl (C=O) groups excluding carboxylic acids is 1. The lowest BCUT2D eigenvalue weighted by molar-refractivity contribution is -0.138. The predicted octanol–water partition coefficient (Wildman–Crippen LogP) is 3.60. The summed E-state index contributed by atoms with van der Waals surface area (Å²) in [7, 11) is 0. The Balaban J connectivity index is 1.29. The van der Waals surface area contributed by atoms with E-state index in [4.69, 9.17) is 0 Å². The Labute approximate surface area is 184 Å². The van der Waals surface area contributed by atoms with E-state index in [1.165, 1.54) is 34.6 Å². The second-order valence-electron chi connectivity index (χ2n) is 8.04. The first-order chi connectivity index (χ1) is 15.4. The van der Waals surface area contributed by atoms with Gasteiger partial charge in [-0.25, -0.2) is 4.68 Å². The lowest BCUT2D eigenvalue weighted by Gasteiger charge is -2.16. The number of hydrogen-bond acceptors (Lipinski definition) is 4. The van der Waals surface area contributed by atoms with E-state index in [0.29, 0.717) is 12.5 Å². The lowest BCUT2D eigenvalue weighted by atomic mass is 10.1. The first-order valence-electron chi connectivity index (χ1n) is 10.5. The fourth-order valence-electron chi connectivity index (χ4n) is 3.98. The normalized spacial score (nSPS) is 16.9. The van der Waals surface area contributed by atoms with Crippen LogP contribution in [0.25, 0.3) is 0 Å². The Morgan fingerprint density at radius 2 is 1.81 bits per heavy atom. The third-order valence-corrected chi connectivity index (χ3v) is 5.60. The zero-order chi connectivity index (χ0) is 22.6. The molecule has 1 fully saturated rings. The van der Waals surface area contributed by atoms with E-state index in [-0.39, 0.29) is 23.7 Å². The first kappa shape index (κ1) is 22.0. The van der Waals surface area contributed by atoms with Crippen molar-refractivity contribution in [1.82, 2.24) is 25.2 Å². The predicted molar refractivity (Wildman–Crippen MR) is 113 cm³/mol. The molecule has 1 aromatic heterocycles. The molecule has 0 radical (unpaired) electrons. The molecule has 0 bridgehead atoms. The Morgan fingerprint density at radius 1 is 1.06 bits per heavy atom. The molecule has 32 heavy (non-hydrogen) atoms. The van der Waals surface area contributed by atoms with Crippen LogP contribution < -0.4 is 5.32 Å². The lowest BCUT2D eigenvalue weighted by Crippen LogP contribution is -2.31. The number of hydrogen-bond donors (Lipinski definition) is 1. The average molecular weight is 443 g/mol. The molecule has 0 aliphatic carbocycles. The van der Waals surface area contributed by atoms with Crippen LogP contribution in [0.15, 0.2) is 60.8 Å². The summed E-state index contributed by atoms with van der Waals surface area (Å²) >= 11 is 0. The highest BCUT2D eigenvalue weighted by Crippen LogP contribution is 2.32. The molecule has 1 saturated heterocycles. The van der Waals surface area contributed by atoms with Crippen molar-refractivity contribution in [3.8, 4) is 0 Å². The molecule has 1 aliphatic rings. The number of alkyl halides is 3. The summed E-state index contributed by atoms with van der Waals surface area (Å²) < 4.78 is 40.8. The molecule has 2 aromatic carbocycles. The summed E-state index contributed by atoms with van der Waals surface area (Å²) in [4.78, 5) is 14.8. The molecule has 1 N–H and O–H groups in total. The monoisotopic (exact) mass is 443 g/mol. The van der Waals surface area contributed by atoms with Gasteiger partial charge in [-0.15, -0.1) is 5.10 Å². The number of nitrogens with one attached hydrogen (secondary N) is 1. The zero-order valence-electron chi connectivity index (χ0n) is 17.4. The summed E-state index contributed by atoms with van der Waals surface area (Å²) in [6, 6.07) is 15.6. The number of aromatic nitrogens is 3. The number of rotatable bonds is 7. The highest BCUT2D eigenvalue weighted by atomic mass is 19.4. The second-order valence-corrected chi connectivity index (χ2v) is 8.04. The first-order valence-corrected chi connectivity index (χ1v) is 10.5. The number of amides is 1. The highest BCUT2D eigenvalue weighted by molar-refractivity contribution is 5.91. The fourth-order valence-corrected chi connectivity index (χ4v) is 3.98. The minimum absolute atomic E-state index is 0.0707. The van der Waals surface area contributed by atoms with Crippen LogP contribution in [0.4, 0.5) is 13.2 Å². The summed E-state index contributed by atoms with van der Waals surface area (Å²) in [6.45, 7) is 3.17. The van der Waals surface area contributed by atoms with Gasteiger partial charge in [0.15, 0.2) is 5.69 Å². The van der Waals surface area contributed by atoms with Gasteiger partial charge in [-0.05, 0) is 36.1 Å². The van der Waals surface area contributed by atoms with E-state index in [1.807, 2.05) is 18.2 Å². The third kappa shape index (κ3) is 5.53. The minimum atomic E-state index is -4.45. The van der Waals surface area contributed by atoms with Crippen molar-refractivity contribution in [2.75, 3.05) is 19.6 Å². The molecular weight excluding hydrogens is 419 g/mol. The van der Waals surface area contributed by atoms with Gasteiger partial charge in [-0.3, -0.25) is 9.69 Å². The molecule has 4 rings (SSSR count). The molecule has 6 nitrogen and oxygen atoms in total. The van der Waals surface area contributed by atoms with E-state index in [9.17, 15) is 18.0 Å². The molecular formula is C23H24F3N5O. The second kappa shape index (κ2) is 9.52. The fraction of sp³-hybridized carbons (Fsp3) is 0.348. The molecule has 2 heterocycles. The van der Waals surface area contributed by atoms with E-state index in [0.717, 1.165) is 32.1 Å². The Bertz CT molecular complexity index is 1050. The van der Waals surface area contributed by atoms with Crippen LogP contribution in [0, 0.1) is 5.92 Å². The van der Waals surface area contributed by atoms with E-state index in [2.05, 4.69) is 32.7 Å². The van der Waals surface area contributed by atoms with Gasteiger partial charge < -0.3 is 5.32 Å². The molecule has 0 saturated carbocycles. The summed E-state index contributed by atoms with van der Waals surface area (Å²) in [6.07, 6.45) is -2.08. The van der Waals surface area contributed by atoms with Crippen LogP contribution in [0.3, 0.4) is 0 Å². The number of carbonyl (C=O) groups is 1. The van der Waals surface area contributed by atoms with Crippen molar-refractivity contribution in [2.45, 2.75) is 25.7 Å². The number of benzene rings is 2. The maximum absolute atomic E-state index is 13.2. The van der Waals surface area contributed by atoms with Crippen LogP contribution in [0.5, 0.6) is 0 Å². The van der Waals surface area contributed by atoms with Gasteiger partial charge in [-0.1, -0.05) is 53.7 Å². The van der Waals surface area contributed by atoms with E-state index >= 15 is 0 Å². The van der Waals surface area contributed by atoms with Gasteiger partial charge in [0.25, 0.3) is 5.91 Å². The van der Waals surface area contributed by atoms with Crippen LogP contribution in [0.2, 0.25) is 0 Å². The van der Waals surface area contributed by atoms with Gasteiger partial charge in [0.2, 0.25) is 0 Å². The number of halogens is 3. The van der Waals surface area contributed by atoms with E-state index in [1.54, 1.807) is 0 Å². The SMILES string of the molecule is O=C(NCC1CCN(Cc2ccccc2)C1)c1cn(Cc2ccccc2C(F)(F)F)nn1. The molecule has 168 valence electrons. The maximum Gasteiger partial charge on any atom is 0.416 e. The topological polar surface area (TPSA) is 63.1 Å². The largest absolute Gasteiger partial charge is 0.416 e. The van der Waals surface area contributed by atoms with Gasteiger partial charge in [-0.2, -0.15) is 13.2 Å².